The Hall–Kier alpha value is -2.98. The molecule has 4 rings (SSSR count). The maximum atomic E-state index is 14.0. The second-order valence-electron chi connectivity index (χ2n) is 7.30. The van der Waals surface area contributed by atoms with Crippen molar-refractivity contribution in [3.8, 4) is 17.0 Å². The Morgan fingerprint density at radius 3 is 2.74 bits per heavy atom. The molecular formula is C21H20FN3O4S2. The van der Waals surface area contributed by atoms with E-state index in [0.29, 0.717) is 34.1 Å². The molecule has 0 bridgehead atoms. The zero-order chi connectivity index (χ0) is 22.3. The Morgan fingerprint density at radius 2 is 2.06 bits per heavy atom. The standard InChI is InChI=1S/C21H20FN3O4S2/c1-12-8-15-9-14(4-6-18(15)25(12)31(3,27)28)20(26)24-21-23-17(11-30-21)13-5-7-19(29-2)16(22)10-13/h4-7,9-12H,8H2,1-3H3,(H,23,24,26)/t12-/m0/s1. The molecule has 0 aliphatic carbocycles. The Balaban J connectivity index is 1.53. The van der Waals surface area contributed by atoms with Gasteiger partial charge in [-0.05, 0) is 55.3 Å². The maximum absolute atomic E-state index is 14.0. The summed E-state index contributed by atoms with van der Waals surface area (Å²) in [5.41, 5.74) is 2.92. The van der Waals surface area contributed by atoms with Gasteiger partial charge >= 0.3 is 0 Å². The number of hydrogen-bond acceptors (Lipinski definition) is 6. The fourth-order valence-electron chi connectivity index (χ4n) is 3.71. The highest BCUT2D eigenvalue weighted by atomic mass is 32.2. The molecule has 0 spiro atoms. The first-order valence-corrected chi connectivity index (χ1v) is 12.1. The van der Waals surface area contributed by atoms with Crippen molar-refractivity contribution in [2.24, 2.45) is 0 Å². The van der Waals surface area contributed by atoms with Crippen molar-refractivity contribution in [1.29, 1.82) is 0 Å². The molecule has 3 aromatic rings. The number of ether oxygens (including phenoxy) is 1. The van der Waals surface area contributed by atoms with Gasteiger partial charge in [0.1, 0.15) is 0 Å². The highest BCUT2D eigenvalue weighted by molar-refractivity contribution is 7.92. The zero-order valence-electron chi connectivity index (χ0n) is 17.0. The van der Waals surface area contributed by atoms with E-state index in [-0.39, 0.29) is 17.7 Å². The number of nitrogens with zero attached hydrogens (tertiary/aromatic N) is 2. The Morgan fingerprint density at radius 1 is 1.29 bits per heavy atom. The van der Waals surface area contributed by atoms with Crippen LogP contribution in [0.25, 0.3) is 11.3 Å². The summed E-state index contributed by atoms with van der Waals surface area (Å²) in [6, 6.07) is 9.30. The van der Waals surface area contributed by atoms with Crippen LogP contribution < -0.4 is 14.4 Å². The summed E-state index contributed by atoms with van der Waals surface area (Å²) in [5.74, 6) is -0.697. The number of hydrogen-bond donors (Lipinski definition) is 1. The molecule has 10 heteroatoms. The lowest BCUT2D eigenvalue weighted by Crippen LogP contribution is -2.34. The van der Waals surface area contributed by atoms with E-state index in [1.54, 1.807) is 29.6 Å². The van der Waals surface area contributed by atoms with Gasteiger partial charge in [-0.3, -0.25) is 14.4 Å². The van der Waals surface area contributed by atoms with Crippen LogP contribution in [0.4, 0.5) is 15.2 Å². The van der Waals surface area contributed by atoms with Crippen LogP contribution >= 0.6 is 11.3 Å². The molecule has 1 atom stereocenters. The second kappa shape index (κ2) is 7.93. The number of aromatic nitrogens is 1. The number of carbonyl (C=O) groups is 1. The van der Waals surface area contributed by atoms with Gasteiger partial charge in [-0.1, -0.05) is 0 Å². The summed E-state index contributed by atoms with van der Waals surface area (Å²) in [6.45, 7) is 1.83. The lowest BCUT2D eigenvalue weighted by atomic mass is 10.1. The number of anilines is 2. The molecule has 31 heavy (non-hydrogen) atoms. The normalized spacial score (nSPS) is 15.6. The maximum Gasteiger partial charge on any atom is 0.257 e. The monoisotopic (exact) mass is 461 g/mol. The summed E-state index contributed by atoms with van der Waals surface area (Å²) < 4.78 is 44.4. The number of amides is 1. The quantitative estimate of drug-likeness (QED) is 0.622. The molecular weight excluding hydrogens is 441 g/mol. The number of thiazole rings is 1. The van der Waals surface area contributed by atoms with Crippen molar-refractivity contribution < 1.29 is 22.3 Å². The zero-order valence-corrected chi connectivity index (χ0v) is 18.7. The lowest BCUT2D eigenvalue weighted by molar-refractivity contribution is 0.102. The van der Waals surface area contributed by atoms with E-state index in [1.807, 2.05) is 6.92 Å². The number of benzene rings is 2. The number of nitrogens with one attached hydrogen (secondary N) is 1. The average molecular weight is 462 g/mol. The number of rotatable bonds is 5. The van der Waals surface area contributed by atoms with Gasteiger partial charge in [0.2, 0.25) is 10.0 Å². The molecule has 0 unspecified atom stereocenters. The van der Waals surface area contributed by atoms with E-state index in [4.69, 9.17) is 4.74 Å². The molecule has 0 saturated carbocycles. The lowest BCUT2D eigenvalue weighted by Gasteiger charge is -2.21. The minimum absolute atomic E-state index is 0.146. The van der Waals surface area contributed by atoms with Gasteiger partial charge in [0, 0.05) is 22.5 Å². The number of fused-ring (bicyclic) bond motifs is 1. The molecule has 1 aromatic heterocycles. The van der Waals surface area contributed by atoms with E-state index in [2.05, 4.69) is 10.3 Å². The third-order valence-corrected chi connectivity index (χ3v) is 7.05. The molecule has 1 amide bonds. The largest absolute Gasteiger partial charge is 0.494 e. The van der Waals surface area contributed by atoms with Crippen LogP contribution in [0, 0.1) is 5.82 Å². The molecule has 0 saturated heterocycles. The summed E-state index contributed by atoms with van der Waals surface area (Å²) in [4.78, 5) is 17.1. The van der Waals surface area contributed by atoms with E-state index in [9.17, 15) is 17.6 Å². The molecule has 2 heterocycles. The molecule has 1 N–H and O–H groups in total. The van der Waals surface area contributed by atoms with E-state index in [1.165, 1.54) is 41.1 Å². The summed E-state index contributed by atoms with van der Waals surface area (Å²) in [5, 5.41) is 4.85. The number of sulfonamides is 1. The predicted molar refractivity (Wildman–Crippen MR) is 119 cm³/mol. The van der Waals surface area contributed by atoms with Crippen LogP contribution in [0.15, 0.2) is 41.8 Å². The van der Waals surface area contributed by atoms with Crippen LogP contribution in [-0.4, -0.2) is 38.7 Å². The van der Waals surface area contributed by atoms with Crippen molar-refractivity contribution in [3.05, 3.63) is 58.7 Å². The van der Waals surface area contributed by atoms with Crippen LogP contribution in [0.1, 0.15) is 22.8 Å². The van der Waals surface area contributed by atoms with Crippen molar-refractivity contribution in [3.63, 3.8) is 0 Å². The van der Waals surface area contributed by atoms with Gasteiger partial charge in [-0.25, -0.2) is 17.8 Å². The Bertz CT molecular complexity index is 1270. The predicted octanol–water partition coefficient (Wildman–Crippen LogP) is 3.92. The molecule has 7 nitrogen and oxygen atoms in total. The fraction of sp³-hybridized carbons (Fsp3) is 0.238. The second-order valence-corrected chi connectivity index (χ2v) is 10.0. The van der Waals surface area contributed by atoms with Gasteiger partial charge in [-0.15, -0.1) is 11.3 Å². The first-order valence-electron chi connectivity index (χ1n) is 9.40. The molecule has 0 radical (unpaired) electrons. The third-order valence-electron chi connectivity index (χ3n) is 5.02. The van der Waals surface area contributed by atoms with Crippen LogP contribution in [0.3, 0.4) is 0 Å². The highest BCUT2D eigenvalue weighted by Gasteiger charge is 2.32. The van der Waals surface area contributed by atoms with Crippen molar-refractivity contribution in [1.82, 2.24) is 4.98 Å². The van der Waals surface area contributed by atoms with Gasteiger partial charge in [0.15, 0.2) is 16.7 Å². The summed E-state index contributed by atoms with van der Waals surface area (Å²) in [7, 11) is -1.99. The molecule has 0 fully saturated rings. The number of halogens is 1. The minimum Gasteiger partial charge on any atom is -0.494 e. The van der Waals surface area contributed by atoms with Crippen molar-refractivity contribution in [2.75, 3.05) is 23.0 Å². The first-order chi connectivity index (χ1) is 14.7. The van der Waals surface area contributed by atoms with E-state index in [0.717, 1.165) is 5.56 Å². The average Bonchev–Trinajstić information content (AvgIpc) is 3.30. The highest BCUT2D eigenvalue weighted by Crippen LogP contribution is 2.35. The first kappa shape index (κ1) is 21.3. The van der Waals surface area contributed by atoms with Gasteiger partial charge < -0.3 is 4.74 Å². The third kappa shape index (κ3) is 4.13. The number of carbonyl (C=O) groups excluding carboxylic acids is 1. The topological polar surface area (TPSA) is 88.6 Å². The Kier molecular flexibility index (Phi) is 5.44. The van der Waals surface area contributed by atoms with Gasteiger partial charge in [0.25, 0.3) is 5.91 Å². The molecule has 1 aliphatic rings. The van der Waals surface area contributed by atoms with Crippen LogP contribution in [-0.2, 0) is 16.4 Å². The summed E-state index contributed by atoms with van der Waals surface area (Å²) >= 11 is 1.23. The molecule has 2 aromatic carbocycles. The minimum atomic E-state index is -3.39. The molecule has 162 valence electrons. The van der Waals surface area contributed by atoms with Gasteiger partial charge in [0.05, 0.1) is 24.7 Å². The SMILES string of the molecule is COc1ccc(-c2csc(NC(=O)c3ccc4c(c3)C[C@H](C)N4S(C)(=O)=O)n2)cc1F. The Labute approximate surface area is 183 Å². The van der Waals surface area contributed by atoms with Crippen LogP contribution in [0.5, 0.6) is 5.75 Å². The summed E-state index contributed by atoms with van der Waals surface area (Å²) in [6.07, 6.45) is 1.71. The van der Waals surface area contributed by atoms with E-state index < -0.39 is 15.8 Å². The van der Waals surface area contributed by atoms with Crippen molar-refractivity contribution >= 4 is 38.1 Å². The fourth-order valence-corrected chi connectivity index (χ4v) is 5.69. The molecule has 1 aliphatic heterocycles. The van der Waals surface area contributed by atoms with Gasteiger partial charge in [-0.2, -0.15) is 0 Å². The smallest absolute Gasteiger partial charge is 0.257 e. The van der Waals surface area contributed by atoms with Crippen molar-refractivity contribution in [2.45, 2.75) is 19.4 Å². The number of methoxy groups -OCH3 is 1. The van der Waals surface area contributed by atoms with E-state index >= 15 is 0 Å². The van der Waals surface area contributed by atoms with Crippen LogP contribution in [0.2, 0.25) is 0 Å².